The van der Waals surface area contributed by atoms with E-state index in [0.29, 0.717) is 5.92 Å². The summed E-state index contributed by atoms with van der Waals surface area (Å²) in [7, 11) is 0. The minimum atomic E-state index is 0.187. The lowest BCUT2D eigenvalue weighted by Crippen LogP contribution is -2.28. The number of benzene rings is 5. The van der Waals surface area contributed by atoms with Crippen molar-refractivity contribution in [1.82, 2.24) is 0 Å². The number of anilines is 2. The van der Waals surface area contributed by atoms with Crippen molar-refractivity contribution in [3.63, 3.8) is 0 Å². The molecule has 0 radical (unpaired) electrons. The van der Waals surface area contributed by atoms with E-state index in [2.05, 4.69) is 201 Å². The zero-order valence-corrected chi connectivity index (χ0v) is 31.6. The summed E-state index contributed by atoms with van der Waals surface area (Å²) in [6.07, 6.45) is 29.5. The van der Waals surface area contributed by atoms with Crippen LogP contribution in [0.3, 0.4) is 0 Å². The fourth-order valence-electron chi connectivity index (χ4n) is 8.00. The van der Waals surface area contributed by atoms with E-state index in [1.807, 2.05) is 12.2 Å². The van der Waals surface area contributed by atoms with Gasteiger partial charge in [0.1, 0.15) is 0 Å². The smallest absolute Gasteiger partial charge is 0.0629 e. The Morgan fingerprint density at radius 2 is 1.45 bits per heavy atom. The van der Waals surface area contributed by atoms with Crippen molar-refractivity contribution < 1.29 is 0 Å². The second-order valence-corrected chi connectivity index (χ2v) is 14.6. The minimum absolute atomic E-state index is 0.187. The van der Waals surface area contributed by atoms with E-state index in [0.717, 1.165) is 36.0 Å². The third-order valence-corrected chi connectivity index (χ3v) is 10.9. The van der Waals surface area contributed by atoms with Crippen LogP contribution < -0.4 is 4.90 Å². The third-order valence-electron chi connectivity index (χ3n) is 10.9. The predicted molar refractivity (Wildman–Crippen MR) is 237 cm³/mol. The normalized spacial score (nSPS) is 17.6. The highest BCUT2D eigenvalue weighted by Gasteiger charge is 2.37. The Hall–Kier alpha value is -6.44. The maximum Gasteiger partial charge on any atom is 0.0629 e. The largest absolute Gasteiger partial charge is 0.333 e. The first kappa shape index (κ1) is 35.6. The minimum Gasteiger partial charge on any atom is -0.333 e. The van der Waals surface area contributed by atoms with E-state index >= 15 is 0 Å². The van der Waals surface area contributed by atoms with Gasteiger partial charge >= 0.3 is 0 Å². The monoisotopic (exact) mass is 709 g/mol. The average Bonchev–Trinajstić information content (AvgIpc) is 3.59. The van der Waals surface area contributed by atoms with Gasteiger partial charge in [0.15, 0.2) is 0 Å². The van der Waals surface area contributed by atoms with Crippen LogP contribution in [0.15, 0.2) is 219 Å². The zero-order chi connectivity index (χ0) is 37.6. The summed E-state index contributed by atoms with van der Waals surface area (Å²) in [5, 5.41) is 0. The van der Waals surface area contributed by atoms with Crippen molar-refractivity contribution in [2.24, 2.45) is 0 Å². The van der Waals surface area contributed by atoms with Crippen LogP contribution in [-0.2, 0) is 6.42 Å². The molecule has 1 nitrogen and oxygen atoms in total. The maximum absolute atomic E-state index is 4.40. The third kappa shape index (κ3) is 7.79. The highest BCUT2D eigenvalue weighted by Crippen LogP contribution is 2.49. The molecule has 55 heavy (non-hydrogen) atoms. The molecule has 5 aromatic rings. The summed E-state index contributed by atoms with van der Waals surface area (Å²) in [6, 6.07) is 44.9. The standard InChI is InChI=1S/C54H47N/c1-4-5-19-39(2)40(3)32-44(31-30-41-20-9-6-10-21-41)48-36-49(38-50(37-48)55-53-28-17-15-26-51(53)52-27-16-18-29-54(52)55)47-34-45(42-22-11-7-12-23-42)33-46(35-47)43-24-13-8-14-25-43/h4-7,9-13,15-29,31-38,51,53H,1-2,8,14,30H2,3H3/b19-5-,40-32+,44-31+. The first-order valence-electron chi connectivity index (χ1n) is 19.4. The number of fused-ring (bicyclic) bond motifs is 3. The van der Waals surface area contributed by atoms with Gasteiger partial charge in [0.05, 0.1) is 6.04 Å². The molecular weight excluding hydrogens is 663 g/mol. The molecule has 0 bridgehead atoms. The van der Waals surface area contributed by atoms with Crippen LogP contribution in [0.1, 0.15) is 47.9 Å². The quantitative estimate of drug-likeness (QED) is 0.123. The predicted octanol–water partition coefficient (Wildman–Crippen LogP) is 14.4. The molecule has 0 N–H and O–H groups in total. The molecule has 1 heterocycles. The van der Waals surface area contributed by atoms with Crippen molar-refractivity contribution in [2.45, 2.75) is 38.1 Å². The lowest BCUT2D eigenvalue weighted by Gasteiger charge is -2.30. The number of rotatable bonds is 11. The molecule has 0 aromatic heterocycles. The molecule has 0 amide bonds. The molecule has 3 aliphatic rings. The van der Waals surface area contributed by atoms with Crippen molar-refractivity contribution in [3.8, 4) is 22.3 Å². The fraction of sp³-hybridized carbons (Fsp3) is 0.111. The Labute approximate surface area is 327 Å². The van der Waals surface area contributed by atoms with Crippen LogP contribution in [0.2, 0.25) is 0 Å². The van der Waals surface area contributed by atoms with Crippen LogP contribution in [0, 0.1) is 0 Å². The van der Waals surface area contributed by atoms with Crippen molar-refractivity contribution in [3.05, 3.63) is 241 Å². The summed E-state index contributed by atoms with van der Waals surface area (Å²) >= 11 is 0. The Kier molecular flexibility index (Phi) is 10.5. The van der Waals surface area contributed by atoms with E-state index in [4.69, 9.17) is 0 Å². The topological polar surface area (TPSA) is 3.24 Å². The Bertz CT molecular complexity index is 2440. The second kappa shape index (κ2) is 16.3. The second-order valence-electron chi connectivity index (χ2n) is 14.6. The van der Waals surface area contributed by atoms with Crippen molar-refractivity contribution >= 4 is 22.5 Å². The summed E-state index contributed by atoms with van der Waals surface area (Å²) in [6.45, 7) is 10.4. The Morgan fingerprint density at radius 1 is 0.745 bits per heavy atom. The first-order chi connectivity index (χ1) is 27.1. The van der Waals surface area contributed by atoms with Crippen LogP contribution in [0.25, 0.3) is 33.4 Å². The molecule has 2 aliphatic carbocycles. The number of hydrogen-bond acceptors (Lipinski definition) is 1. The molecule has 0 saturated heterocycles. The highest BCUT2D eigenvalue weighted by molar-refractivity contribution is 5.88. The van der Waals surface area contributed by atoms with Gasteiger partial charge in [0.25, 0.3) is 0 Å². The van der Waals surface area contributed by atoms with Crippen LogP contribution >= 0.6 is 0 Å². The van der Waals surface area contributed by atoms with Gasteiger partial charge in [0, 0.05) is 17.3 Å². The van der Waals surface area contributed by atoms with E-state index in [1.165, 1.54) is 61.5 Å². The van der Waals surface area contributed by atoms with Gasteiger partial charge in [-0.2, -0.15) is 0 Å². The lowest BCUT2D eigenvalue weighted by atomic mass is 9.89. The molecule has 2 atom stereocenters. The molecular formula is C54H47N. The van der Waals surface area contributed by atoms with Gasteiger partial charge in [-0.15, -0.1) is 0 Å². The maximum atomic E-state index is 4.40. The SMILES string of the molecule is C=C/C=C\C(=C)/C(C)=C/C(=C\Cc1ccccc1)c1cc(-c2cc(C3=CCCC=C3)cc(-c3ccccc3)c2)cc(N2c3ccccc3C3C=CC=CC32)c1. The summed E-state index contributed by atoms with van der Waals surface area (Å²) in [5.41, 5.74) is 16.8. The average molecular weight is 710 g/mol. The van der Waals surface area contributed by atoms with Crippen molar-refractivity contribution in [2.75, 3.05) is 4.90 Å². The van der Waals surface area contributed by atoms with Crippen molar-refractivity contribution in [1.29, 1.82) is 0 Å². The molecule has 1 aliphatic heterocycles. The van der Waals surface area contributed by atoms with E-state index in [1.54, 1.807) is 6.08 Å². The lowest BCUT2D eigenvalue weighted by molar-refractivity contribution is 0.745. The highest BCUT2D eigenvalue weighted by atomic mass is 15.2. The molecule has 268 valence electrons. The van der Waals surface area contributed by atoms with Gasteiger partial charge in [-0.1, -0.05) is 165 Å². The van der Waals surface area contributed by atoms with E-state index in [9.17, 15) is 0 Å². The molecule has 5 aromatic carbocycles. The molecule has 0 spiro atoms. The number of hydrogen-bond donors (Lipinski definition) is 0. The zero-order valence-electron chi connectivity index (χ0n) is 31.6. The van der Waals surface area contributed by atoms with Gasteiger partial charge in [-0.3, -0.25) is 0 Å². The van der Waals surface area contributed by atoms with Gasteiger partial charge in [0.2, 0.25) is 0 Å². The van der Waals surface area contributed by atoms with E-state index < -0.39 is 0 Å². The summed E-state index contributed by atoms with van der Waals surface area (Å²) < 4.78 is 0. The summed E-state index contributed by atoms with van der Waals surface area (Å²) in [4.78, 5) is 2.55. The van der Waals surface area contributed by atoms with E-state index in [-0.39, 0.29) is 6.04 Å². The molecule has 0 fully saturated rings. The Morgan fingerprint density at radius 3 is 2.24 bits per heavy atom. The number of allylic oxidation sites excluding steroid dienone is 14. The van der Waals surface area contributed by atoms with Gasteiger partial charge in [-0.05, 0) is 135 Å². The number of nitrogens with zero attached hydrogens (tertiary/aromatic N) is 1. The first-order valence-corrected chi connectivity index (χ1v) is 19.4. The van der Waals surface area contributed by atoms with Crippen LogP contribution in [0.5, 0.6) is 0 Å². The Balaban J connectivity index is 1.36. The molecule has 2 unspecified atom stereocenters. The van der Waals surface area contributed by atoms with Gasteiger partial charge in [-0.25, -0.2) is 0 Å². The van der Waals surface area contributed by atoms with Gasteiger partial charge < -0.3 is 4.90 Å². The molecule has 8 rings (SSSR count). The number of para-hydroxylation sites is 1. The summed E-state index contributed by atoms with van der Waals surface area (Å²) in [5.74, 6) is 0.293. The molecule has 1 heteroatoms. The van der Waals surface area contributed by atoms with Crippen LogP contribution in [-0.4, -0.2) is 6.04 Å². The van der Waals surface area contributed by atoms with Crippen LogP contribution in [0.4, 0.5) is 11.4 Å². The molecule has 0 saturated carbocycles. The fourth-order valence-corrected chi connectivity index (χ4v) is 8.00.